The van der Waals surface area contributed by atoms with Crippen molar-refractivity contribution in [3.63, 3.8) is 0 Å². The van der Waals surface area contributed by atoms with Crippen molar-refractivity contribution in [3.05, 3.63) is 41.3 Å². The molecule has 4 rings (SSSR count). The minimum atomic E-state index is 0.692. The minimum Gasteiger partial charge on any atom is -0.356 e. The fraction of sp³-hybridized carbons (Fsp3) is 0.389. The highest BCUT2D eigenvalue weighted by molar-refractivity contribution is 6.30. The van der Waals surface area contributed by atoms with E-state index in [1.54, 1.807) is 6.33 Å². The number of hydrogen-bond acceptors (Lipinski definition) is 4. The Morgan fingerprint density at radius 1 is 1.25 bits per heavy atom. The van der Waals surface area contributed by atoms with Crippen LogP contribution in [0.1, 0.15) is 25.3 Å². The number of hydrogen-bond donors (Lipinski definition) is 0. The van der Waals surface area contributed by atoms with Gasteiger partial charge in [-0.1, -0.05) is 18.5 Å². The monoisotopic (exact) mass is 341 g/mol. The molecule has 124 valence electrons. The van der Waals surface area contributed by atoms with Crippen molar-refractivity contribution >= 4 is 28.5 Å². The molecule has 0 N–H and O–H groups in total. The van der Waals surface area contributed by atoms with E-state index in [-0.39, 0.29) is 0 Å². The number of rotatable bonds is 2. The second-order valence-corrected chi connectivity index (χ2v) is 7.05. The Morgan fingerprint density at radius 3 is 2.92 bits per heavy atom. The molecule has 5 nitrogen and oxygen atoms in total. The summed E-state index contributed by atoms with van der Waals surface area (Å²) in [7, 11) is 0. The van der Waals surface area contributed by atoms with E-state index >= 15 is 0 Å². The number of piperidine rings is 1. The zero-order valence-electron chi connectivity index (χ0n) is 13.9. The van der Waals surface area contributed by atoms with Crippen molar-refractivity contribution in [2.24, 2.45) is 5.92 Å². The maximum absolute atomic E-state index is 6.08. The van der Waals surface area contributed by atoms with Gasteiger partial charge in [0.25, 0.3) is 0 Å². The maximum atomic E-state index is 6.08. The first kappa shape index (κ1) is 15.4. The first-order chi connectivity index (χ1) is 11.6. The molecule has 3 aromatic rings. The fourth-order valence-electron chi connectivity index (χ4n) is 3.50. The molecule has 24 heavy (non-hydrogen) atoms. The highest BCUT2D eigenvalue weighted by Crippen LogP contribution is 2.29. The summed E-state index contributed by atoms with van der Waals surface area (Å²) >= 11 is 6.08. The number of halogens is 1. The Morgan fingerprint density at radius 2 is 2.12 bits per heavy atom. The molecule has 0 aliphatic carbocycles. The molecule has 0 spiro atoms. The van der Waals surface area contributed by atoms with Gasteiger partial charge in [-0.2, -0.15) is 5.10 Å². The van der Waals surface area contributed by atoms with Gasteiger partial charge in [-0.25, -0.2) is 14.6 Å². The van der Waals surface area contributed by atoms with E-state index in [0.29, 0.717) is 5.92 Å². The van der Waals surface area contributed by atoms with Gasteiger partial charge in [-0.05, 0) is 49.4 Å². The van der Waals surface area contributed by atoms with Crippen molar-refractivity contribution in [3.8, 4) is 5.69 Å². The standard InChI is InChI=1S/C18H20ClN5/c1-12-4-3-7-23(10-12)17-15-9-22-24(18(15)21-11-20-17)16-6-5-14(19)8-13(16)2/h5-6,8-9,11-12H,3-4,7,10H2,1-2H3/t12-/m1/s1. The average Bonchev–Trinajstić information content (AvgIpc) is 2.99. The molecule has 0 radical (unpaired) electrons. The molecule has 1 aromatic carbocycles. The van der Waals surface area contributed by atoms with E-state index < -0.39 is 0 Å². The quantitative estimate of drug-likeness (QED) is 0.706. The number of nitrogens with zero attached hydrogens (tertiary/aromatic N) is 5. The van der Waals surface area contributed by atoms with Crippen LogP contribution in [-0.2, 0) is 0 Å². The summed E-state index contributed by atoms with van der Waals surface area (Å²) in [6.45, 7) is 6.41. The van der Waals surface area contributed by atoms with Crippen LogP contribution < -0.4 is 4.90 Å². The van der Waals surface area contributed by atoms with E-state index in [9.17, 15) is 0 Å². The Bertz CT molecular complexity index is 888. The molecule has 1 saturated heterocycles. The van der Waals surface area contributed by atoms with Gasteiger partial charge in [-0.3, -0.25) is 0 Å². The Labute approximate surface area is 146 Å². The molecule has 2 aromatic heterocycles. The summed E-state index contributed by atoms with van der Waals surface area (Å²) in [5, 5.41) is 6.30. The van der Waals surface area contributed by atoms with Gasteiger partial charge in [0.1, 0.15) is 12.1 Å². The molecule has 1 aliphatic heterocycles. The predicted octanol–water partition coefficient (Wildman–Crippen LogP) is 4.01. The third kappa shape index (κ3) is 2.63. The summed E-state index contributed by atoms with van der Waals surface area (Å²) in [5.41, 5.74) is 2.90. The maximum Gasteiger partial charge on any atom is 0.168 e. The topological polar surface area (TPSA) is 46.8 Å². The molecule has 0 saturated carbocycles. The fourth-order valence-corrected chi connectivity index (χ4v) is 3.72. The molecule has 1 aliphatic rings. The zero-order chi connectivity index (χ0) is 16.7. The highest BCUT2D eigenvalue weighted by Gasteiger charge is 2.21. The van der Waals surface area contributed by atoms with Crippen LogP contribution in [0, 0.1) is 12.8 Å². The lowest BCUT2D eigenvalue weighted by atomic mass is 10.0. The smallest absolute Gasteiger partial charge is 0.168 e. The lowest BCUT2D eigenvalue weighted by Crippen LogP contribution is -2.34. The molecule has 0 unspecified atom stereocenters. The average molecular weight is 342 g/mol. The summed E-state index contributed by atoms with van der Waals surface area (Å²) in [6.07, 6.45) is 6.00. The lowest BCUT2D eigenvalue weighted by Gasteiger charge is -2.31. The second-order valence-electron chi connectivity index (χ2n) is 6.62. The zero-order valence-corrected chi connectivity index (χ0v) is 14.7. The summed E-state index contributed by atoms with van der Waals surface area (Å²) in [5.74, 6) is 1.68. The highest BCUT2D eigenvalue weighted by atomic mass is 35.5. The van der Waals surface area contributed by atoms with Gasteiger partial charge in [0, 0.05) is 18.1 Å². The van der Waals surface area contributed by atoms with Crippen LogP contribution in [0.3, 0.4) is 0 Å². The van der Waals surface area contributed by atoms with E-state index in [4.69, 9.17) is 11.6 Å². The Kier molecular flexibility index (Phi) is 3.88. The van der Waals surface area contributed by atoms with Gasteiger partial charge in [-0.15, -0.1) is 0 Å². The number of benzene rings is 1. The van der Waals surface area contributed by atoms with Crippen LogP contribution in [0.25, 0.3) is 16.7 Å². The Balaban J connectivity index is 1.82. The molecule has 0 amide bonds. The van der Waals surface area contributed by atoms with Gasteiger partial charge >= 0.3 is 0 Å². The van der Waals surface area contributed by atoms with Crippen LogP contribution in [0.15, 0.2) is 30.7 Å². The second kappa shape index (κ2) is 6.06. The van der Waals surface area contributed by atoms with Crippen LogP contribution in [0.2, 0.25) is 5.02 Å². The molecule has 0 bridgehead atoms. The van der Waals surface area contributed by atoms with Crippen LogP contribution in [0.5, 0.6) is 0 Å². The van der Waals surface area contributed by atoms with Crippen molar-refractivity contribution < 1.29 is 0 Å². The van der Waals surface area contributed by atoms with E-state index in [0.717, 1.165) is 46.2 Å². The number of aryl methyl sites for hydroxylation is 1. The molecule has 1 fully saturated rings. The first-order valence-corrected chi connectivity index (χ1v) is 8.71. The summed E-state index contributed by atoms with van der Waals surface area (Å²) in [6, 6.07) is 5.81. The molecule has 3 heterocycles. The number of anilines is 1. The molecule has 6 heteroatoms. The van der Waals surface area contributed by atoms with Crippen molar-refractivity contribution in [2.45, 2.75) is 26.7 Å². The minimum absolute atomic E-state index is 0.692. The van der Waals surface area contributed by atoms with Crippen molar-refractivity contribution in [1.29, 1.82) is 0 Å². The largest absolute Gasteiger partial charge is 0.356 e. The molecule has 1 atom stereocenters. The number of fused-ring (bicyclic) bond motifs is 1. The third-order valence-corrected chi connectivity index (χ3v) is 4.92. The van der Waals surface area contributed by atoms with Crippen molar-refractivity contribution in [2.75, 3.05) is 18.0 Å². The molecular weight excluding hydrogens is 322 g/mol. The van der Waals surface area contributed by atoms with E-state index in [1.165, 1.54) is 12.8 Å². The predicted molar refractivity (Wildman–Crippen MR) is 97.0 cm³/mol. The molecular formula is C18H20ClN5. The normalized spacial score (nSPS) is 18.3. The van der Waals surface area contributed by atoms with Gasteiger partial charge in [0.05, 0.1) is 17.3 Å². The van der Waals surface area contributed by atoms with Gasteiger partial charge in [0.15, 0.2) is 5.65 Å². The Hall–Kier alpha value is -2.14. The van der Waals surface area contributed by atoms with Crippen LogP contribution >= 0.6 is 11.6 Å². The van der Waals surface area contributed by atoms with Crippen molar-refractivity contribution in [1.82, 2.24) is 19.7 Å². The van der Waals surface area contributed by atoms with Crippen LogP contribution in [0.4, 0.5) is 5.82 Å². The number of aromatic nitrogens is 4. The summed E-state index contributed by atoms with van der Waals surface area (Å²) < 4.78 is 1.87. The van der Waals surface area contributed by atoms with Gasteiger partial charge in [0.2, 0.25) is 0 Å². The summed E-state index contributed by atoms with van der Waals surface area (Å²) in [4.78, 5) is 11.4. The van der Waals surface area contributed by atoms with Gasteiger partial charge < -0.3 is 4.90 Å². The lowest BCUT2D eigenvalue weighted by molar-refractivity contribution is 0.445. The third-order valence-electron chi connectivity index (χ3n) is 4.69. The van der Waals surface area contributed by atoms with E-state index in [1.807, 2.05) is 36.0 Å². The van der Waals surface area contributed by atoms with Crippen LogP contribution in [-0.4, -0.2) is 32.8 Å². The SMILES string of the molecule is Cc1cc(Cl)ccc1-n1ncc2c(N3CCC[C@@H](C)C3)ncnc21. The van der Waals surface area contributed by atoms with E-state index in [2.05, 4.69) is 26.9 Å². The first-order valence-electron chi connectivity index (χ1n) is 8.33.